The van der Waals surface area contributed by atoms with Crippen molar-refractivity contribution in [3.63, 3.8) is 0 Å². The molecule has 2 rings (SSSR count). The van der Waals surface area contributed by atoms with E-state index in [2.05, 4.69) is 4.98 Å². The van der Waals surface area contributed by atoms with Gasteiger partial charge in [-0.3, -0.25) is 0 Å². The molecule has 0 bridgehead atoms. The van der Waals surface area contributed by atoms with E-state index < -0.39 is 5.97 Å². The van der Waals surface area contributed by atoms with Crippen molar-refractivity contribution >= 4 is 5.97 Å². The van der Waals surface area contributed by atoms with Crippen LogP contribution in [0.25, 0.3) is 11.3 Å². The molecular weight excluding hydrogens is 246 g/mol. The van der Waals surface area contributed by atoms with E-state index in [0.29, 0.717) is 12.2 Å². The number of hydrogen-bond donors (Lipinski definition) is 1. The molecule has 19 heavy (non-hydrogen) atoms. The number of aromatic nitrogens is 1. The number of aromatic carboxylic acids is 1. The van der Waals surface area contributed by atoms with Crippen molar-refractivity contribution in [1.82, 2.24) is 4.98 Å². The Bertz CT molecular complexity index is 574. The van der Waals surface area contributed by atoms with Crippen molar-refractivity contribution in [1.29, 1.82) is 0 Å². The molecule has 0 amide bonds. The van der Waals surface area contributed by atoms with Crippen LogP contribution < -0.4 is 0 Å². The van der Waals surface area contributed by atoms with E-state index in [1.807, 2.05) is 32.0 Å². The Kier molecular flexibility index (Phi) is 3.97. The molecule has 0 aliphatic carbocycles. The van der Waals surface area contributed by atoms with Crippen molar-refractivity contribution < 1.29 is 19.1 Å². The fourth-order valence-corrected chi connectivity index (χ4v) is 1.67. The van der Waals surface area contributed by atoms with Crippen LogP contribution in [0.3, 0.4) is 0 Å². The Balaban J connectivity index is 2.27. The minimum Gasteiger partial charge on any atom is -0.476 e. The molecule has 5 heteroatoms. The smallest absolute Gasteiger partial charge is 0.358 e. The highest BCUT2D eigenvalue weighted by Crippen LogP contribution is 2.24. The van der Waals surface area contributed by atoms with Gasteiger partial charge in [0.05, 0.1) is 12.7 Å². The molecule has 0 spiro atoms. The molecule has 0 saturated heterocycles. The third-order valence-corrected chi connectivity index (χ3v) is 2.54. The molecule has 0 unspecified atom stereocenters. The standard InChI is InChI=1S/C14H15NO4/c1-9(2)18-7-10-4-3-5-11(6-10)13-12(14(16)17)15-8-19-13/h3-6,8-9H,7H2,1-2H3,(H,16,17). The zero-order chi connectivity index (χ0) is 13.8. The van der Waals surface area contributed by atoms with Gasteiger partial charge in [-0.15, -0.1) is 0 Å². The first-order chi connectivity index (χ1) is 9.08. The minimum absolute atomic E-state index is 0.0815. The number of ether oxygens (including phenoxy) is 1. The molecule has 0 aliphatic heterocycles. The van der Waals surface area contributed by atoms with E-state index in [1.54, 1.807) is 6.07 Å². The lowest BCUT2D eigenvalue weighted by Crippen LogP contribution is -2.02. The number of carboxylic acid groups (broad SMARTS) is 1. The van der Waals surface area contributed by atoms with E-state index >= 15 is 0 Å². The Morgan fingerprint density at radius 2 is 2.26 bits per heavy atom. The van der Waals surface area contributed by atoms with Crippen molar-refractivity contribution in [2.45, 2.75) is 26.6 Å². The summed E-state index contributed by atoms with van der Waals surface area (Å²) in [5.41, 5.74) is 1.56. The highest BCUT2D eigenvalue weighted by Gasteiger charge is 2.17. The van der Waals surface area contributed by atoms with Gasteiger partial charge in [0.25, 0.3) is 0 Å². The number of carbonyl (C=O) groups is 1. The quantitative estimate of drug-likeness (QED) is 0.895. The van der Waals surface area contributed by atoms with Crippen LogP contribution >= 0.6 is 0 Å². The van der Waals surface area contributed by atoms with Crippen LogP contribution in [0.5, 0.6) is 0 Å². The highest BCUT2D eigenvalue weighted by molar-refractivity contribution is 5.92. The molecule has 0 atom stereocenters. The fourth-order valence-electron chi connectivity index (χ4n) is 1.67. The maximum Gasteiger partial charge on any atom is 0.358 e. The van der Waals surface area contributed by atoms with Crippen LogP contribution in [0.2, 0.25) is 0 Å². The fraction of sp³-hybridized carbons (Fsp3) is 0.286. The Morgan fingerprint density at radius 1 is 1.47 bits per heavy atom. The average Bonchev–Trinajstić information content (AvgIpc) is 2.86. The maximum absolute atomic E-state index is 11.0. The number of benzene rings is 1. The molecule has 1 aromatic heterocycles. The van der Waals surface area contributed by atoms with Gasteiger partial charge in [0.15, 0.2) is 17.8 Å². The van der Waals surface area contributed by atoms with Crippen molar-refractivity contribution in [3.05, 3.63) is 41.9 Å². The Labute approximate surface area is 110 Å². The van der Waals surface area contributed by atoms with Crippen LogP contribution in [0.15, 0.2) is 35.1 Å². The average molecular weight is 261 g/mol. The second-order valence-electron chi connectivity index (χ2n) is 4.40. The van der Waals surface area contributed by atoms with Crippen LogP contribution in [-0.2, 0) is 11.3 Å². The van der Waals surface area contributed by atoms with Crippen LogP contribution in [0.4, 0.5) is 0 Å². The lowest BCUT2D eigenvalue weighted by atomic mass is 10.1. The normalized spacial score (nSPS) is 10.9. The number of nitrogens with zero attached hydrogens (tertiary/aromatic N) is 1. The molecule has 0 aliphatic rings. The van der Waals surface area contributed by atoms with E-state index in [9.17, 15) is 4.79 Å². The first kappa shape index (κ1) is 13.3. The summed E-state index contributed by atoms with van der Waals surface area (Å²) in [6.07, 6.45) is 1.28. The summed E-state index contributed by atoms with van der Waals surface area (Å²) in [7, 11) is 0. The summed E-state index contributed by atoms with van der Waals surface area (Å²) < 4.78 is 10.7. The third-order valence-electron chi connectivity index (χ3n) is 2.54. The molecule has 2 aromatic rings. The van der Waals surface area contributed by atoms with Gasteiger partial charge in [-0.1, -0.05) is 18.2 Å². The van der Waals surface area contributed by atoms with Crippen LogP contribution in [-0.4, -0.2) is 22.2 Å². The van der Waals surface area contributed by atoms with E-state index in [4.69, 9.17) is 14.3 Å². The SMILES string of the molecule is CC(C)OCc1cccc(-c2ocnc2C(=O)O)c1. The monoisotopic (exact) mass is 261 g/mol. The number of rotatable bonds is 5. The summed E-state index contributed by atoms with van der Waals surface area (Å²) in [6.45, 7) is 4.40. The Morgan fingerprint density at radius 3 is 2.95 bits per heavy atom. The van der Waals surface area contributed by atoms with Gasteiger partial charge in [-0.05, 0) is 25.5 Å². The molecule has 0 fully saturated rings. The zero-order valence-corrected chi connectivity index (χ0v) is 10.8. The summed E-state index contributed by atoms with van der Waals surface area (Å²) in [5.74, 6) is -0.841. The largest absolute Gasteiger partial charge is 0.476 e. The van der Waals surface area contributed by atoms with E-state index in [0.717, 1.165) is 12.0 Å². The van der Waals surface area contributed by atoms with Gasteiger partial charge >= 0.3 is 5.97 Å². The summed E-state index contributed by atoms with van der Waals surface area (Å²) in [6, 6.07) is 7.38. The van der Waals surface area contributed by atoms with Gasteiger partial charge in [0.2, 0.25) is 0 Å². The van der Waals surface area contributed by atoms with Gasteiger partial charge in [-0.2, -0.15) is 0 Å². The van der Waals surface area contributed by atoms with Gasteiger partial charge < -0.3 is 14.3 Å². The number of oxazole rings is 1. The van der Waals surface area contributed by atoms with E-state index in [-0.39, 0.29) is 17.6 Å². The lowest BCUT2D eigenvalue weighted by molar-refractivity contribution is 0.0657. The second kappa shape index (κ2) is 5.67. The van der Waals surface area contributed by atoms with Gasteiger partial charge in [0.1, 0.15) is 0 Å². The van der Waals surface area contributed by atoms with Gasteiger partial charge in [-0.25, -0.2) is 9.78 Å². The second-order valence-corrected chi connectivity index (χ2v) is 4.40. The van der Waals surface area contributed by atoms with Gasteiger partial charge in [0, 0.05) is 5.56 Å². The predicted molar refractivity (Wildman–Crippen MR) is 68.8 cm³/mol. The van der Waals surface area contributed by atoms with Crippen LogP contribution in [0, 0.1) is 0 Å². The third kappa shape index (κ3) is 3.20. The van der Waals surface area contributed by atoms with E-state index in [1.165, 1.54) is 0 Å². The van der Waals surface area contributed by atoms with Crippen molar-refractivity contribution in [3.8, 4) is 11.3 Å². The highest BCUT2D eigenvalue weighted by atomic mass is 16.5. The molecule has 0 saturated carbocycles. The molecule has 5 nitrogen and oxygen atoms in total. The molecule has 1 N–H and O–H groups in total. The summed E-state index contributed by atoms with van der Waals surface area (Å²) in [5, 5.41) is 9.01. The summed E-state index contributed by atoms with van der Waals surface area (Å²) in [4.78, 5) is 14.7. The molecule has 0 radical (unpaired) electrons. The lowest BCUT2D eigenvalue weighted by Gasteiger charge is -2.08. The molecule has 1 heterocycles. The van der Waals surface area contributed by atoms with Crippen molar-refractivity contribution in [2.75, 3.05) is 0 Å². The van der Waals surface area contributed by atoms with Crippen molar-refractivity contribution in [2.24, 2.45) is 0 Å². The zero-order valence-electron chi connectivity index (χ0n) is 10.8. The first-order valence-corrected chi connectivity index (χ1v) is 5.95. The Hall–Kier alpha value is -2.14. The maximum atomic E-state index is 11.0. The van der Waals surface area contributed by atoms with Crippen LogP contribution in [0.1, 0.15) is 29.9 Å². The molecular formula is C14H15NO4. The predicted octanol–water partition coefficient (Wildman–Crippen LogP) is 2.96. The number of hydrogen-bond acceptors (Lipinski definition) is 4. The minimum atomic E-state index is -1.10. The molecule has 100 valence electrons. The first-order valence-electron chi connectivity index (χ1n) is 5.95. The topological polar surface area (TPSA) is 72.6 Å². The number of carboxylic acids is 1. The molecule has 1 aromatic carbocycles. The summed E-state index contributed by atoms with van der Waals surface area (Å²) >= 11 is 0.